The summed E-state index contributed by atoms with van der Waals surface area (Å²) in [6.07, 6.45) is 0. The van der Waals surface area contributed by atoms with Crippen LogP contribution in [0.1, 0.15) is 10.5 Å². The Morgan fingerprint density at radius 2 is 2.20 bits per heavy atom. The summed E-state index contributed by atoms with van der Waals surface area (Å²) in [4.78, 5) is 14.0. The van der Waals surface area contributed by atoms with Crippen LogP contribution in [0.15, 0.2) is 0 Å². The maximum atomic E-state index is 10.5. The molecule has 0 unspecified atom stereocenters. The van der Waals surface area contributed by atoms with Gasteiger partial charge in [0.15, 0.2) is 10.2 Å². The Morgan fingerprint density at radius 3 is 2.40 bits per heavy atom. The quantitative estimate of drug-likeness (QED) is 0.742. The van der Waals surface area contributed by atoms with Gasteiger partial charge in [-0.05, 0) is 0 Å². The second-order valence-corrected chi connectivity index (χ2v) is 3.64. The third-order valence-corrected chi connectivity index (χ3v) is 2.15. The standard InChI is InChI=1S/C4H2Cl2N2OS/c5-2-1(3(7)9)8-4(6)10-2/h(H2,7,9). The van der Waals surface area contributed by atoms with Crippen LogP contribution < -0.4 is 5.73 Å². The van der Waals surface area contributed by atoms with Crippen LogP contribution in [0.25, 0.3) is 0 Å². The monoisotopic (exact) mass is 196 g/mol. The van der Waals surface area contributed by atoms with Crippen molar-refractivity contribution in [2.45, 2.75) is 0 Å². The summed E-state index contributed by atoms with van der Waals surface area (Å²) >= 11 is 12.0. The highest BCUT2D eigenvalue weighted by atomic mass is 35.5. The lowest BCUT2D eigenvalue weighted by Crippen LogP contribution is -2.11. The van der Waals surface area contributed by atoms with E-state index < -0.39 is 5.91 Å². The van der Waals surface area contributed by atoms with Gasteiger partial charge in [0, 0.05) is 0 Å². The molecule has 1 rings (SSSR count). The zero-order valence-electron chi connectivity index (χ0n) is 4.60. The van der Waals surface area contributed by atoms with Crippen LogP contribution >= 0.6 is 34.5 Å². The summed E-state index contributed by atoms with van der Waals surface area (Å²) < 4.78 is 0.455. The molecule has 0 spiro atoms. The minimum absolute atomic E-state index is 0.0386. The van der Waals surface area contributed by atoms with Gasteiger partial charge in [0.25, 0.3) is 5.91 Å². The third kappa shape index (κ3) is 1.39. The lowest BCUT2D eigenvalue weighted by molar-refractivity contribution is 0.0996. The Morgan fingerprint density at radius 1 is 1.60 bits per heavy atom. The van der Waals surface area contributed by atoms with E-state index in [-0.39, 0.29) is 14.5 Å². The molecule has 1 aromatic heterocycles. The van der Waals surface area contributed by atoms with Crippen LogP contribution in [0, 0.1) is 0 Å². The number of halogens is 2. The molecule has 6 heteroatoms. The number of primary amides is 1. The Kier molecular flexibility index (Phi) is 2.13. The molecule has 54 valence electrons. The molecule has 0 saturated heterocycles. The van der Waals surface area contributed by atoms with Crippen LogP contribution in [-0.2, 0) is 0 Å². The molecule has 0 saturated carbocycles. The lowest BCUT2D eigenvalue weighted by atomic mass is 10.5. The van der Waals surface area contributed by atoms with Gasteiger partial charge in [0.1, 0.15) is 4.34 Å². The Bertz CT molecular complexity index is 272. The van der Waals surface area contributed by atoms with E-state index in [0.717, 1.165) is 11.3 Å². The molecule has 1 amide bonds. The number of nitrogens with zero attached hydrogens (tertiary/aromatic N) is 1. The fourth-order valence-corrected chi connectivity index (χ4v) is 1.75. The maximum Gasteiger partial charge on any atom is 0.269 e. The molecule has 1 heterocycles. The maximum absolute atomic E-state index is 10.5. The summed E-state index contributed by atoms with van der Waals surface area (Å²) in [5.41, 5.74) is 4.93. The van der Waals surface area contributed by atoms with Gasteiger partial charge in [-0.2, -0.15) is 0 Å². The average Bonchev–Trinajstić information content (AvgIpc) is 2.10. The molecule has 1 aromatic rings. The zero-order chi connectivity index (χ0) is 7.72. The average molecular weight is 197 g/mol. The molecule has 0 aromatic carbocycles. The van der Waals surface area contributed by atoms with Crippen molar-refractivity contribution in [3.8, 4) is 0 Å². The van der Waals surface area contributed by atoms with Crippen molar-refractivity contribution >= 4 is 40.4 Å². The molecule has 0 aliphatic heterocycles. The van der Waals surface area contributed by atoms with E-state index in [2.05, 4.69) is 4.98 Å². The van der Waals surface area contributed by atoms with Crippen molar-refractivity contribution in [1.82, 2.24) is 4.98 Å². The molecule has 0 bridgehead atoms. The lowest BCUT2D eigenvalue weighted by Gasteiger charge is -1.83. The molecule has 3 nitrogen and oxygen atoms in total. The van der Waals surface area contributed by atoms with Crippen LogP contribution in [0.3, 0.4) is 0 Å². The first-order valence-corrected chi connectivity index (χ1v) is 3.80. The van der Waals surface area contributed by atoms with E-state index in [9.17, 15) is 4.79 Å². The summed E-state index contributed by atoms with van der Waals surface area (Å²) in [7, 11) is 0. The number of hydrogen-bond acceptors (Lipinski definition) is 3. The molecule has 2 N–H and O–H groups in total. The first-order valence-electron chi connectivity index (χ1n) is 2.23. The van der Waals surface area contributed by atoms with Crippen LogP contribution in [0.2, 0.25) is 8.80 Å². The Balaban J connectivity index is 3.15. The number of amides is 1. The van der Waals surface area contributed by atoms with E-state index in [1.807, 2.05) is 0 Å². The molecule has 0 aliphatic rings. The van der Waals surface area contributed by atoms with E-state index in [0.29, 0.717) is 0 Å². The van der Waals surface area contributed by atoms with Crippen LogP contribution in [0.5, 0.6) is 0 Å². The molecular weight excluding hydrogens is 195 g/mol. The molecule has 0 aliphatic carbocycles. The van der Waals surface area contributed by atoms with Crippen molar-refractivity contribution in [3.05, 3.63) is 14.5 Å². The number of nitrogens with two attached hydrogens (primary N) is 1. The Hall–Kier alpha value is -0.320. The van der Waals surface area contributed by atoms with Crippen molar-refractivity contribution in [2.75, 3.05) is 0 Å². The largest absolute Gasteiger partial charge is 0.364 e. The fourth-order valence-electron chi connectivity index (χ4n) is 0.429. The number of hydrogen-bond donors (Lipinski definition) is 1. The minimum Gasteiger partial charge on any atom is -0.364 e. The SMILES string of the molecule is NC(=O)c1nc(Cl)sc1Cl. The summed E-state index contributed by atoms with van der Waals surface area (Å²) in [6, 6.07) is 0. The van der Waals surface area contributed by atoms with Gasteiger partial charge >= 0.3 is 0 Å². The number of aromatic nitrogens is 1. The minimum atomic E-state index is -0.659. The van der Waals surface area contributed by atoms with E-state index in [1.165, 1.54) is 0 Å². The first-order chi connectivity index (χ1) is 4.61. The highest BCUT2D eigenvalue weighted by Gasteiger charge is 2.11. The van der Waals surface area contributed by atoms with E-state index in [4.69, 9.17) is 28.9 Å². The summed E-state index contributed by atoms with van der Waals surface area (Å²) in [5.74, 6) is -0.659. The number of carbonyl (C=O) groups excluding carboxylic acids is 1. The van der Waals surface area contributed by atoms with Crippen LogP contribution in [-0.4, -0.2) is 10.9 Å². The normalized spacial score (nSPS) is 9.80. The fraction of sp³-hybridized carbons (Fsp3) is 0. The van der Waals surface area contributed by atoms with Gasteiger partial charge in [-0.15, -0.1) is 0 Å². The van der Waals surface area contributed by atoms with Gasteiger partial charge in [-0.1, -0.05) is 34.5 Å². The van der Waals surface area contributed by atoms with Crippen molar-refractivity contribution < 1.29 is 4.79 Å². The topological polar surface area (TPSA) is 56.0 Å². The zero-order valence-corrected chi connectivity index (χ0v) is 6.93. The van der Waals surface area contributed by atoms with E-state index in [1.54, 1.807) is 0 Å². The third-order valence-electron chi connectivity index (χ3n) is 0.793. The molecule has 10 heavy (non-hydrogen) atoms. The van der Waals surface area contributed by atoms with Crippen LogP contribution in [0.4, 0.5) is 0 Å². The number of carbonyl (C=O) groups is 1. The first kappa shape index (κ1) is 7.78. The van der Waals surface area contributed by atoms with Crippen molar-refractivity contribution in [1.29, 1.82) is 0 Å². The van der Waals surface area contributed by atoms with Crippen molar-refractivity contribution in [3.63, 3.8) is 0 Å². The second-order valence-electron chi connectivity index (χ2n) is 1.45. The van der Waals surface area contributed by atoms with Gasteiger partial charge in [-0.3, -0.25) is 4.79 Å². The van der Waals surface area contributed by atoms with Gasteiger partial charge in [0.05, 0.1) is 0 Å². The highest BCUT2D eigenvalue weighted by molar-refractivity contribution is 7.19. The smallest absolute Gasteiger partial charge is 0.269 e. The molecule has 0 atom stereocenters. The van der Waals surface area contributed by atoms with Gasteiger partial charge < -0.3 is 5.73 Å². The number of thiazole rings is 1. The molecule has 0 radical (unpaired) electrons. The van der Waals surface area contributed by atoms with Gasteiger partial charge in [-0.25, -0.2) is 4.98 Å². The molecular formula is C4H2Cl2N2OS. The molecule has 0 fully saturated rings. The number of rotatable bonds is 1. The highest BCUT2D eigenvalue weighted by Crippen LogP contribution is 2.26. The summed E-state index contributed by atoms with van der Waals surface area (Å²) in [5, 5.41) is 0. The van der Waals surface area contributed by atoms with Gasteiger partial charge in [0.2, 0.25) is 0 Å². The van der Waals surface area contributed by atoms with Crippen molar-refractivity contribution in [2.24, 2.45) is 5.73 Å². The summed E-state index contributed by atoms with van der Waals surface area (Å²) in [6.45, 7) is 0. The Labute approximate surface area is 70.8 Å². The second kappa shape index (κ2) is 2.74. The predicted molar refractivity (Wildman–Crippen MR) is 40.7 cm³/mol. The van der Waals surface area contributed by atoms with E-state index >= 15 is 0 Å². The predicted octanol–water partition coefficient (Wildman–Crippen LogP) is 1.55.